The number of rotatable bonds is 7. The number of hydrogen-bond donors (Lipinski definition) is 1. The van der Waals surface area contributed by atoms with Crippen molar-refractivity contribution in [2.75, 3.05) is 39.7 Å². The number of anilines is 1. The maximum Gasteiger partial charge on any atom is 0.243 e. The minimum atomic E-state index is -3.70. The molecule has 1 aliphatic rings. The molecule has 1 amide bonds. The fourth-order valence-corrected chi connectivity index (χ4v) is 4.94. The number of methoxy groups -OCH3 is 3. The highest BCUT2D eigenvalue weighted by Gasteiger charge is 2.33. The van der Waals surface area contributed by atoms with Gasteiger partial charge in [-0.15, -0.1) is 0 Å². The van der Waals surface area contributed by atoms with Crippen LogP contribution in [0.5, 0.6) is 17.2 Å². The molecule has 2 aromatic rings. The van der Waals surface area contributed by atoms with E-state index in [0.717, 1.165) is 0 Å². The molecule has 1 heterocycles. The highest BCUT2D eigenvalue weighted by atomic mass is 32.2. The molecule has 0 aromatic heterocycles. The standard InChI is InChI=1S/C21H26N2O6S/c1-27-16-6-9-18(10-7-16)30(25,26)23-12-4-5-15(14-23)21(24)22-19-13-17(28-2)8-11-20(19)29-3/h6-11,13,15H,4-5,12,14H2,1-3H3,(H,22,24)/t15-/m1/s1. The number of sulfonamides is 1. The fourth-order valence-electron chi connectivity index (χ4n) is 3.42. The molecule has 1 atom stereocenters. The zero-order valence-corrected chi connectivity index (χ0v) is 18.1. The Morgan fingerprint density at radius 3 is 2.30 bits per heavy atom. The molecule has 30 heavy (non-hydrogen) atoms. The summed E-state index contributed by atoms with van der Waals surface area (Å²) in [5.74, 6) is 0.942. The summed E-state index contributed by atoms with van der Waals surface area (Å²) < 4.78 is 43.0. The quantitative estimate of drug-likeness (QED) is 0.720. The monoisotopic (exact) mass is 434 g/mol. The van der Waals surface area contributed by atoms with E-state index in [1.807, 2.05) is 0 Å². The number of nitrogens with zero attached hydrogens (tertiary/aromatic N) is 1. The van der Waals surface area contributed by atoms with E-state index in [2.05, 4.69) is 5.32 Å². The molecule has 1 aliphatic heterocycles. The molecule has 9 heteroatoms. The molecule has 0 radical (unpaired) electrons. The number of nitrogens with one attached hydrogen (secondary N) is 1. The van der Waals surface area contributed by atoms with Crippen LogP contribution in [0.15, 0.2) is 47.4 Å². The highest BCUT2D eigenvalue weighted by molar-refractivity contribution is 7.89. The van der Waals surface area contributed by atoms with Crippen LogP contribution in [0.3, 0.4) is 0 Å². The van der Waals surface area contributed by atoms with Gasteiger partial charge >= 0.3 is 0 Å². The first-order valence-corrected chi connectivity index (χ1v) is 11.0. The number of piperidine rings is 1. The van der Waals surface area contributed by atoms with Gasteiger partial charge in [0.05, 0.1) is 37.8 Å². The van der Waals surface area contributed by atoms with Crippen molar-refractivity contribution < 1.29 is 27.4 Å². The van der Waals surface area contributed by atoms with Gasteiger partial charge in [0, 0.05) is 19.2 Å². The maximum absolute atomic E-state index is 13.0. The Labute approximate surface area is 176 Å². The first kappa shape index (κ1) is 21.9. The lowest BCUT2D eigenvalue weighted by atomic mass is 9.98. The number of benzene rings is 2. The van der Waals surface area contributed by atoms with Crippen molar-refractivity contribution in [1.29, 1.82) is 0 Å². The average Bonchev–Trinajstić information content (AvgIpc) is 2.79. The molecule has 1 fully saturated rings. The van der Waals surface area contributed by atoms with E-state index >= 15 is 0 Å². The van der Waals surface area contributed by atoms with Gasteiger partial charge in [0.1, 0.15) is 17.2 Å². The Morgan fingerprint density at radius 1 is 1.00 bits per heavy atom. The van der Waals surface area contributed by atoms with Crippen LogP contribution >= 0.6 is 0 Å². The van der Waals surface area contributed by atoms with E-state index in [-0.39, 0.29) is 17.3 Å². The SMILES string of the molecule is COc1ccc(S(=O)(=O)N2CCC[C@@H](C(=O)Nc3cc(OC)ccc3OC)C2)cc1. The lowest BCUT2D eigenvalue weighted by Gasteiger charge is -2.31. The number of carbonyl (C=O) groups is 1. The van der Waals surface area contributed by atoms with Crippen LogP contribution in [0.2, 0.25) is 0 Å². The minimum absolute atomic E-state index is 0.118. The smallest absolute Gasteiger partial charge is 0.243 e. The molecule has 3 rings (SSSR count). The van der Waals surface area contributed by atoms with Crippen molar-refractivity contribution in [2.45, 2.75) is 17.7 Å². The Balaban J connectivity index is 1.74. The Kier molecular flexibility index (Phi) is 6.84. The molecular formula is C21H26N2O6S. The topological polar surface area (TPSA) is 94.2 Å². The van der Waals surface area contributed by atoms with Crippen LogP contribution in [-0.4, -0.2) is 53.0 Å². The average molecular weight is 435 g/mol. The summed E-state index contributed by atoms with van der Waals surface area (Å²) in [6.45, 7) is 0.493. The molecular weight excluding hydrogens is 408 g/mol. The van der Waals surface area contributed by atoms with Crippen LogP contribution < -0.4 is 19.5 Å². The zero-order chi connectivity index (χ0) is 21.7. The normalized spacial score (nSPS) is 17.2. The third-order valence-corrected chi connectivity index (χ3v) is 7.00. The lowest BCUT2D eigenvalue weighted by molar-refractivity contribution is -0.120. The van der Waals surface area contributed by atoms with Gasteiger partial charge in [-0.05, 0) is 49.2 Å². The van der Waals surface area contributed by atoms with Crippen LogP contribution in [0, 0.1) is 5.92 Å². The van der Waals surface area contributed by atoms with Crippen molar-refractivity contribution in [2.24, 2.45) is 5.92 Å². The van der Waals surface area contributed by atoms with Gasteiger partial charge in [-0.25, -0.2) is 8.42 Å². The predicted octanol–water partition coefficient (Wildman–Crippen LogP) is 2.75. The van der Waals surface area contributed by atoms with E-state index in [0.29, 0.717) is 42.3 Å². The second-order valence-corrected chi connectivity index (χ2v) is 8.87. The maximum atomic E-state index is 13.0. The first-order chi connectivity index (χ1) is 14.4. The third-order valence-electron chi connectivity index (χ3n) is 5.12. The van der Waals surface area contributed by atoms with Crippen LogP contribution in [0.25, 0.3) is 0 Å². The van der Waals surface area contributed by atoms with Gasteiger partial charge in [-0.3, -0.25) is 4.79 Å². The summed E-state index contributed by atoms with van der Waals surface area (Å²) in [7, 11) is 0.879. The fraction of sp³-hybridized carbons (Fsp3) is 0.381. The van der Waals surface area contributed by atoms with Crippen LogP contribution in [0.1, 0.15) is 12.8 Å². The van der Waals surface area contributed by atoms with Crippen molar-refractivity contribution in [1.82, 2.24) is 4.31 Å². The van der Waals surface area contributed by atoms with Crippen molar-refractivity contribution >= 4 is 21.6 Å². The predicted molar refractivity (Wildman–Crippen MR) is 113 cm³/mol. The van der Waals surface area contributed by atoms with Crippen molar-refractivity contribution in [3.63, 3.8) is 0 Å². The second kappa shape index (κ2) is 9.36. The molecule has 8 nitrogen and oxygen atoms in total. The van der Waals surface area contributed by atoms with Crippen molar-refractivity contribution in [3.8, 4) is 17.2 Å². The molecule has 1 N–H and O–H groups in total. The molecule has 1 saturated heterocycles. The van der Waals surface area contributed by atoms with Gasteiger partial charge in [0.25, 0.3) is 0 Å². The summed E-state index contributed by atoms with van der Waals surface area (Å²) in [5, 5.41) is 2.85. The summed E-state index contributed by atoms with van der Waals surface area (Å²) in [4.78, 5) is 13.1. The molecule has 0 saturated carbocycles. The van der Waals surface area contributed by atoms with E-state index in [4.69, 9.17) is 14.2 Å². The molecule has 0 unspecified atom stereocenters. The summed E-state index contributed by atoms with van der Waals surface area (Å²) in [6.07, 6.45) is 1.20. The second-order valence-electron chi connectivity index (χ2n) is 6.93. The van der Waals surface area contributed by atoms with E-state index in [9.17, 15) is 13.2 Å². The van der Waals surface area contributed by atoms with Crippen LogP contribution in [-0.2, 0) is 14.8 Å². The lowest BCUT2D eigenvalue weighted by Crippen LogP contribution is -2.43. The molecule has 162 valence electrons. The highest BCUT2D eigenvalue weighted by Crippen LogP contribution is 2.31. The molecule has 0 spiro atoms. The van der Waals surface area contributed by atoms with Gasteiger partial charge in [0.15, 0.2) is 0 Å². The van der Waals surface area contributed by atoms with E-state index in [1.54, 1.807) is 30.3 Å². The summed E-state index contributed by atoms with van der Waals surface area (Å²) >= 11 is 0. The Morgan fingerprint density at radius 2 is 1.67 bits per heavy atom. The number of carbonyl (C=O) groups excluding carboxylic acids is 1. The molecule has 0 aliphatic carbocycles. The van der Waals surface area contributed by atoms with Crippen molar-refractivity contribution in [3.05, 3.63) is 42.5 Å². The Bertz CT molecular complexity index is 991. The number of amides is 1. The molecule has 2 aromatic carbocycles. The largest absolute Gasteiger partial charge is 0.497 e. The van der Waals surface area contributed by atoms with Gasteiger partial charge in [0.2, 0.25) is 15.9 Å². The van der Waals surface area contributed by atoms with Gasteiger partial charge in [-0.2, -0.15) is 4.31 Å². The third kappa shape index (κ3) is 4.68. The first-order valence-electron chi connectivity index (χ1n) is 9.56. The van der Waals surface area contributed by atoms with E-state index < -0.39 is 15.9 Å². The van der Waals surface area contributed by atoms with E-state index in [1.165, 1.54) is 37.8 Å². The minimum Gasteiger partial charge on any atom is -0.497 e. The van der Waals surface area contributed by atoms with Gasteiger partial charge in [-0.1, -0.05) is 0 Å². The zero-order valence-electron chi connectivity index (χ0n) is 17.3. The van der Waals surface area contributed by atoms with Gasteiger partial charge < -0.3 is 19.5 Å². The summed E-state index contributed by atoms with van der Waals surface area (Å²) in [5.41, 5.74) is 0.483. The summed E-state index contributed by atoms with van der Waals surface area (Å²) in [6, 6.07) is 11.4. The molecule has 0 bridgehead atoms. The Hall–Kier alpha value is -2.78. The number of ether oxygens (including phenoxy) is 3. The van der Waals surface area contributed by atoms with Crippen LogP contribution in [0.4, 0.5) is 5.69 Å². The number of hydrogen-bond acceptors (Lipinski definition) is 6.